The second kappa shape index (κ2) is 12.7. The lowest BCUT2D eigenvalue weighted by Gasteiger charge is -2.31. The third-order valence-corrected chi connectivity index (χ3v) is 7.52. The Kier molecular flexibility index (Phi) is 9.40. The van der Waals surface area contributed by atoms with Crippen LogP contribution in [0.4, 0.5) is 5.69 Å². The van der Waals surface area contributed by atoms with Crippen molar-refractivity contribution in [2.45, 2.75) is 64.5 Å². The Morgan fingerprint density at radius 2 is 1.91 bits per heavy atom. The molecular formula is C27H43N5O3. The summed E-state index contributed by atoms with van der Waals surface area (Å²) in [5.41, 5.74) is 1.13. The van der Waals surface area contributed by atoms with Crippen LogP contribution in [-0.2, 0) is 4.79 Å². The molecule has 1 aromatic rings. The molecule has 0 saturated carbocycles. The minimum absolute atomic E-state index is 0.0102. The number of rotatable bonds is 5. The van der Waals surface area contributed by atoms with Crippen LogP contribution in [0.3, 0.4) is 0 Å². The van der Waals surface area contributed by atoms with Crippen molar-refractivity contribution in [2.24, 2.45) is 5.92 Å². The summed E-state index contributed by atoms with van der Waals surface area (Å²) in [5.74, 6) is 0.464. The van der Waals surface area contributed by atoms with Gasteiger partial charge in [0.1, 0.15) is 6.61 Å². The van der Waals surface area contributed by atoms with Gasteiger partial charge in [0.15, 0.2) is 5.75 Å². The fourth-order valence-electron chi connectivity index (χ4n) is 5.45. The lowest BCUT2D eigenvalue weighted by atomic mass is 9.97. The van der Waals surface area contributed by atoms with Gasteiger partial charge in [-0.1, -0.05) is 12.5 Å². The monoisotopic (exact) mass is 485 g/mol. The number of hydrogen-bond acceptors (Lipinski definition) is 6. The van der Waals surface area contributed by atoms with E-state index in [-0.39, 0.29) is 23.8 Å². The number of carbonyl (C=O) groups is 2. The SMILES string of the molecule is CC(C)N1CCCN(CC2CCCCN2)CCOc2c(NC(=O)C3CCNCC3)cccc2C1=O. The van der Waals surface area contributed by atoms with E-state index in [9.17, 15) is 9.59 Å². The molecular weight excluding hydrogens is 442 g/mol. The Bertz CT molecular complexity index is 849. The number of amides is 2. The fourth-order valence-corrected chi connectivity index (χ4v) is 5.45. The predicted octanol–water partition coefficient (Wildman–Crippen LogP) is 2.70. The average Bonchev–Trinajstić information content (AvgIpc) is 2.90. The van der Waals surface area contributed by atoms with Gasteiger partial charge in [0.25, 0.3) is 5.91 Å². The van der Waals surface area contributed by atoms with E-state index in [2.05, 4.69) is 34.7 Å². The zero-order chi connectivity index (χ0) is 24.6. The Morgan fingerprint density at radius 3 is 2.66 bits per heavy atom. The molecule has 2 amide bonds. The van der Waals surface area contributed by atoms with E-state index >= 15 is 0 Å². The van der Waals surface area contributed by atoms with Gasteiger partial charge in [0, 0.05) is 44.2 Å². The summed E-state index contributed by atoms with van der Waals surface area (Å²) >= 11 is 0. The molecule has 0 bridgehead atoms. The van der Waals surface area contributed by atoms with Gasteiger partial charge in [0.05, 0.1) is 11.3 Å². The third kappa shape index (κ3) is 6.96. The minimum Gasteiger partial charge on any atom is -0.489 e. The molecule has 8 heteroatoms. The van der Waals surface area contributed by atoms with Gasteiger partial charge in [-0.2, -0.15) is 0 Å². The first-order chi connectivity index (χ1) is 17.0. The summed E-state index contributed by atoms with van der Waals surface area (Å²) in [7, 11) is 0. The number of hydrogen-bond donors (Lipinski definition) is 3. The molecule has 0 spiro atoms. The summed E-state index contributed by atoms with van der Waals surface area (Å²) in [6, 6.07) is 6.13. The fraction of sp³-hybridized carbons (Fsp3) is 0.704. The zero-order valence-corrected chi connectivity index (χ0v) is 21.5. The maximum Gasteiger partial charge on any atom is 0.257 e. The van der Waals surface area contributed by atoms with Gasteiger partial charge in [-0.15, -0.1) is 0 Å². The Morgan fingerprint density at radius 1 is 1.09 bits per heavy atom. The molecule has 3 aliphatic rings. The van der Waals surface area contributed by atoms with Gasteiger partial charge < -0.3 is 25.6 Å². The molecule has 2 fully saturated rings. The topological polar surface area (TPSA) is 85.9 Å². The Labute approximate surface area is 210 Å². The van der Waals surface area contributed by atoms with Crippen molar-refractivity contribution in [3.05, 3.63) is 23.8 Å². The molecule has 3 N–H and O–H groups in total. The van der Waals surface area contributed by atoms with Gasteiger partial charge >= 0.3 is 0 Å². The molecule has 2 saturated heterocycles. The Hall–Kier alpha value is -2.16. The molecule has 1 unspecified atom stereocenters. The highest BCUT2D eigenvalue weighted by atomic mass is 16.5. The third-order valence-electron chi connectivity index (χ3n) is 7.52. The number of nitrogens with one attached hydrogen (secondary N) is 3. The number of piperidine rings is 2. The molecule has 1 atom stereocenters. The first-order valence-electron chi connectivity index (χ1n) is 13.6. The van der Waals surface area contributed by atoms with Crippen LogP contribution < -0.4 is 20.7 Å². The van der Waals surface area contributed by atoms with Crippen LogP contribution in [0.1, 0.15) is 62.7 Å². The number of ether oxygens (including phenoxy) is 1. The molecule has 8 nitrogen and oxygen atoms in total. The minimum atomic E-state index is -0.0321. The van der Waals surface area contributed by atoms with Gasteiger partial charge in [-0.25, -0.2) is 0 Å². The van der Waals surface area contributed by atoms with Crippen molar-refractivity contribution < 1.29 is 14.3 Å². The van der Waals surface area contributed by atoms with Crippen LogP contribution in [0.25, 0.3) is 0 Å². The van der Waals surface area contributed by atoms with Crippen molar-refractivity contribution in [2.75, 3.05) is 57.7 Å². The maximum atomic E-state index is 13.6. The summed E-state index contributed by atoms with van der Waals surface area (Å²) in [4.78, 5) is 31.1. The van der Waals surface area contributed by atoms with Crippen molar-refractivity contribution in [1.29, 1.82) is 0 Å². The van der Waals surface area contributed by atoms with Crippen molar-refractivity contribution in [3.8, 4) is 5.75 Å². The molecule has 0 aliphatic carbocycles. The molecule has 35 heavy (non-hydrogen) atoms. The number of benzene rings is 1. The van der Waals surface area contributed by atoms with Crippen molar-refractivity contribution in [3.63, 3.8) is 0 Å². The number of nitrogens with zero attached hydrogens (tertiary/aromatic N) is 2. The van der Waals surface area contributed by atoms with Crippen LogP contribution in [0, 0.1) is 5.92 Å². The largest absolute Gasteiger partial charge is 0.489 e. The number of carbonyl (C=O) groups excluding carboxylic acids is 2. The highest BCUT2D eigenvalue weighted by molar-refractivity contribution is 6.01. The molecule has 3 heterocycles. The number of para-hydroxylation sites is 1. The van der Waals surface area contributed by atoms with Crippen molar-refractivity contribution in [1.82, 2.24) is 20.4 Å². The van der Waals surface area contributed by atoms with Gasteiger partial charge in [-0.05, 0) is 77.7 Å². The quantitative estimate of drug-likeness (QED) is 0.595. The van der Waals surface area contributed by atoms with Gasteiger partial charge in [-0.3, -0.25) is 14.5 Å². The van der Waals surface area contributed by atoms with Crippen LogP contribution >= 0.6 is 0 Å². The predicted molar refractivity (Wildman–Crippen MR) is 139 cm³/mol. The highest BCUT2D eigenvalue weighted by Gasteiger charge is 2.27. The zero-order valence-electron chi connectivity index (χ0n) is 21.5. The second-order valence-corrected chi connectivity index (χ2v) is 10.4. The van der Waals surface area contributed by atoms with E-state index in [1.165, 1.54) is 19.3 Å². The molecule has 0 radical (unpaired) electrons. The number of anilines is 1. The van der Waals surface area contributed by atoms with E-state index < -0.39 is 0 Å². The van der Waals surface area contributed by atoms with Crippen molar-refractivity contribution >= 4 is 17.5 Å². The summed E-state index contributed by atoms with van der Waals surface area (Å²) in [6.07, 6.45) is 6.33. The average molecular weight is 486 g/mol. The first kappa shape index (κ1) is 25.9. The highest BCUT2D eigenvalue weighted by Crippen LogP contribution is 2.32. The summed E-state index contributed by atoms with van der Waals surface area (Å²) in [6.45, 7) is 10.8. The smallest absolute Gasteiger partial charge is 0.257 e. The van der Waals surface area contributed by atoms with Gasteiger partial charge in [0.2, 0.25) is 5.91 Å². The van der Waals surface area contributed by atoms with E-state index in [0.29, 0.717) is 36.2 Å². The molecule has 3 aliphatic heterocycles. The molecule has 0 aromatic heterocycles. The van der Waals surface area contributed by atoms with Crippen LogP contribution in [0.15, 0.2) is 18.2 Å². The molecule has 194 valence electrons. The van der Waals surface area contributed by atoms with E-state index in [1.54, 1.807) is 0 Å². The lowest BCUT2D eigenvalue weighted by Crippen LogP contribution is -2.45. The van der Waals surface area contributed by atoms with E-state index in [1.807, 2.05) is 23.1 Å². The van der Waals surface area contributed by atoms with Crippen LogP contribution in [-0.4, -0.2) is 86.1 Å². The second-order valence-electron chi connectivity index (χ2n) is 10.4. The van der Waals surface area contributed by atoms with E-state index in [4.69, 9.17) is 4.74 Å². The van der Waals surface area contributed by atoms with Crippen LogP contribution in [0.5, 0.6) is 5.75 Å². The van der Waals surface area contributed by atoms with Crippen LogP contribution in [0.2, 0.25) is 0 Å². The standard InChI is InChI=1S/C27H43N5O3/c1-20(2)32-16-6-15-31(19-22-7-3-4-12-29-22)17-18-35-25-23(27(32)34)8-5-9-24(25)30-26(33)21-10-13-28-14-11-21/h5,8-9,20-22,28-29H,3-4,6-7,10-19H2,1-2H3,(H,30,33). The Balaban J connectivity index is 1.55. The summed E-state index contributed by atoms with van der Waals surface area (Å²) < 4.78 is 6.32. The summed E-state index contributed by atoms with van der Waals surface area (Å²) in [5, 5.41) is 10.1. The maximum absolute atomic E-state index is 13.6. The normalized spacial score (nSPS) is 23.3. The number of fused-ring (bicyclic) bond motifs is 1. The molecule has 1 aromatic carbocycles. The molecule has 4 rings (SSSR count). The first-order valence-corrected chi connectivity index (χ1v) is 13.6. The van der Waals surface area contributed by atoms with E-state index in [0.717, 1.165) is 58.5 Å². The lowest BCUT2D eigenvalue weighted by molar-refractivity contribution is -0.120.